The van der Waals surface area contributed by atoms with Crippen molar-refractivity contribution in [1.82, 2.24) is 9.55 Å². The van der Waals surface area contributed by atoms with Gasteiger partial charge in [-0.3, -0.25) is 4.79 Å². The van der Waals surface area contributed by atoms with E-state index in [0.29, 0.717) is 6.54 Å². The van der Waals surface area contributed by atoms with E-state index in [1.807, 2.05) is 30.3 Å². The average Bonchev–Trinajstić information content (AvgIpc) is 2.67. The van der Waals surface area contributed by atoms with E-state index in [2.05, 4.69) is 11.2 Å². The highest BCUT2D eigenvalue weighted by molar-refractivity contribution is 5.89. The van der Waals surface area contributed by atoms with Gasteiger partial charge in [-0.2, -0.15) is 0 Å². The first-order chi connectivity index (χ1) is 7.27. The summed E-state index contributed by atoms with van der Waals surface area (Å²) in [6.45, 7) is 0.579. The van der Waals surface area contributed by atoms with Crippen LogP contribution in [-0.2, 0) is 6.54 Å². The molecule has 0 atom stereocenters. The van der Waals surface area contributed by atoms with E-state index in [-0.39, 0.29) is 5.82 Å². The minimum Gasteiger partial charge on any atom is -0.363 e. The number of primary amides is 1. The first-order valence-corrected chi connectivity index (χ1v) is 4.54. The standard InChI is InChI=1S/C11H10N3O/c12-10(15)11-13-6-7-14(11)8-9-4-2-1-3-5-9/h1-5,7H,8H2,(H2,12,15). The number of nitrogens with two attached hydrogens (primary N) is 1. The van der Waals surface area contributed by atoms with Crippen molar-refractivity contribution in [3.8, 4) is 0 Å². The van der Waals surface area contributed by atoms with Crippen LogP contribution in [0.1, 0.15) is 16.2 Å². The van der Waals surface area contributed by atoms with Crippen LogP contribution in [0.15, 0.2) is 36.5 Å². The lowest BCUT2D eigenvalue weighted by molar-refractivity contribution is 0.0987. The normalized spacial score (nSPS) is 10.1. The van der Waals surface area contributed by atoms with Crippen molar-refractivity contribution in [3.05, 3.63) is 54.1 Å². The van der Waals surface area contributed by atoms with Crippen molar-refractivity contribution in [3.63, 3.8) is 0 Å². The summed E-state index contributed by atoms with van der Waals surface area (Å²) in [6.07, 6.45) is 4.23. The van der Waals surface area contributed by atoms with Crippen molar-refractivity contribution in [2.45, 2.75) is 6.54 Å². The van der Waals surface area contributed by atoms with Gasteiger partial charge in [-0.1, -0.05) is 30.3 Å². The molecule has 75 valence electrons. The molecule has 2 rings (SSSR count). The highest BCUT2D eigenvalue weighted by Gasteiger charge is 2.08. The molecule has 0 spiro atoms. The third kappa shape index (κ3) is 2.04. The fourth-order valence-corrected chi connectivity index (χ4v) is 1.38. The Kier molecular flexibility index (Phi) is 2.49. The predicted molar refractivity (Wildman–Crippen MR) is 55.1 cm³/mol. The molecule has 0 fully saturated rings. The molecule has 15 heavy (non-hydrogen) atoms. The van der Waals surface area contributed by atoms with E-state index < -0.39 is 5.91 Å². The van der Waals surface area contributed by atoms with Crippen molar-refractivity contribution in [1.29, 1.82) is 0 Å². The molecule has 4 heteroatoms. The smallest absolute Gasteiger partial charge is 0.284 e. The number of hydrogen-bond acceptors (Lipinski definition) is 2. The maximum Gasteiger partial charge on any atom is 0.284 e. The van der Waals surface area contributed by atoms with E-state index in [4.69, 9.17) is 5.73 Å². The predicted octanol–water partition coefficient (Wildman–Crippen LogP) is 0.830. The summed E-state index contributed by atoms with van der Waals surface area (Å²) in [4.78, 5) is 14.8. The fraction of sp³-hybridized carbons (Fsp3) is 0.0909. The maximum absolute atomic E-state index is 11.0. The lowest BCUT2D eigenvalue weighted by Crippen LogP contribution is -2.18. The van der Waals surface area contributed by atoms with Crippen LogP contribution in [0.3, 0.4) is 0 Å². The molecule has 1 radical (unpaired) electrons. The van der Waals surface area contributed by atoms with Crippen molar-refractivity contribution < 1.29 is 4.79 Å². The van der Waals surface area contributed by atoms with E-state index in [1.54, 1.807) is 10.8 Å². The molecule has 0 aliphatic rings. The van der Waals surface area contributed by atoms with Gasteiger partial charge in [0.15, 0.2) is 5.82 Å². The van der Waals surface area contributed by atoms with Crippen LogP contribution in [-0.4, -0.2) is 15.5 Å². The van der Waals surface area contributed by atoms with Crippen LogP contribution in [0.4, 0.5) is 0 Å². The van der Waals surface area contributed by atoms with Crippen molar-refractivity contribution in [2.75, 3.05) is 0 Å². The zero-order chi connectivity index (χ0) is 10.7. The summed E-state index contributed by atoms with van der Waals surface area (Å²) in [6, 6.07) is 9.79. The molecule has 1 aromatic heterocycles. The topological polar surface area (TPSA) is 60.9 Å². The quantitative estimate of drug-likeness (QED) is 0.797. The van der Waals surface area contributed by atoms with E-state index in [1.165, 1.54) is 0 Å². The summed E-state index contributed by atoms with van der Waals surface area (Å²) in [5.74, 6) is -0.300. The second kappa shape index (κ2) is 3.96. The molecule has 2 aromatic rings. The molecule has 0 aliphatic heterocycles. The lowest BCUT2D eigenvalue weighted by Gasteiger charge is -2.04. The highest BCUT2D eigenvalue weighted by atomic mass is 16.1. The van der Waals surface area contributed by atoms with Crippen LogP contribution in [0.25, 0.3) is 0 Å². The SMILES string of the molecule is NC(=O)c1n[c]cn1Cc1ccccc1. The van der Waals surface area contributed by atoms with Gasteiger partial charge < -0.3 is 10.3 Å². The Morgan fingerprint density at radius 3 is 2.80 bits per heavy atom. The Morgan fingerprint density at radius 2 is 2.13 bits per heavy atom. The number of imidazole rings is 1. The largest absolute Gasteiger partial charge is 0.363 e. The molecular weight excluding hydrogens is 190 g/mol. The summed E-state index contributed by atoms with van der Waals surface area (Å²) in [7, 11) is 0. The number of hydrogen-bond donors (Lipinski definition) is 1. The molecule has 0 saturated carbocycles. The second-order valence-electron chi connectivity index (χ2n) is 3.17. The summed E-state index contributed by atoms with van der Waals surface area (Å²) in [5, 5.41) is 0. The lowest BCUT2D eigenvalue weighted by atomic mass is 10.2. The molecule has 0 aliphatic carbocycles. The second-order valence-corrected chi connectivity index (χ2v) is 3.17. The maximum atomic E-state index is 11.0. The molecule has 0 unspecified atom stereocenters. The number of amides is 1. The van der Waals surface area contributed by atoms with Crippen LogP contribution < -0.4 is 5.73 Å². The van der Waals surface area contributed by atoms with Crippen LogP contribution in [0, 0.1) is 6.20 Å². The monoisotopic (exact) mass is 200 g/mol. The number of rotatable bonds is 3. The minimum atomic E-state index is -0.535. The van der Waals surface area contributed by atoms with Crippen molar-refractivity contribution in [2.24, 2.45) is 5.73 Å². The summed E-state index contributed by atoms with van der Waals surface area (Å²) in [5.41, 5.74) is 6.26. The molecule has 1 amide bonds. The Hall–Kier alpha value is -2.10. The van der Waals surface area contributed by atoms with Gasteiger partial charge in [0.05, 0.1) is 0 Å². The van der Waals surface area contributed by atoms with Gasteiger partial charge in [0.2, 0.25) is 0 Å². The Bertz CT molecular complexity index is 462. The van der Waals surface area contributed by atoms with Gasteiger partial charge >= 0.3 is 0 Å². The zero-order valence-corrected chi connectivity index (χ0v) is 8.05. The molecule has 4 nitrogen and oxygen atoms in total. The Balaban J connectivity index is 2.25. The average molecular weight is 200 g/mol. The number of aromatic nitrogens is 2. The molecule has 2 N–H and O–H groups in total. The summed E-state index contributed by atoms with van der Waals surface area (Å²) < 4.78 is 1.68. The van der Waals surface area contributed by atoms with Gasteiger partial charge in [0.1, 0.15) is 6.20 Å². The van der Waals surface area contributed by atoms with Crippen molar-refractivity contribution >= 4 is 5.91 Å². The van der Waals surface area contributed by atoms with E-state index in [9.17, 15) is 4.79 Å². The Labute approximate surface area is 87.4 Å². The first kappa shape index (κ1) is 9.45. The number of nitrogens with zero attached hydrogens (tertiary/aromatic N) is 2. The first-order valence-electron chi connectivity index (χ1n) is 4.54. The van der Waals surface area contributed by atoms with Gasteiger partial charge in [-0.15, -0.1) is 0 Å². The minimum absolute atomic E-state index is 0.235. The zero-order valence-electron chi connectivity index (χ0n) is 8.05. The molecule has 0 bridgehead atoms. The number of benzene rings is 1. The number of carbonyl (C=O) groups is 1. The highest BCUT2D eigenvalue weighted by Crippen LogP contribution is 2.04. The van der Waals surface area contributed by atoms with Gasteiger partial charge in [-0.25, -0.2) is 4.98 Å². The Morgan fingerprint density at radius 1 is 1.40 bits per heavy atom. The molecule has 0 saturated heterocycles. The van der Waals surface area contributed by atoms with Crippen LogP contribution in [0.5, 0.6) is 0 Å². The third-order valence-corrected chi connectivity index (χ3v) is 2.07. The molecule has 1 heterocycles. The third-order valence-electron chi connectivity index (χ3n) is 2.07. The van der Waals surface area contributed by atoms with Crippen LogP contribution >= 0.6 is 0 Å². The van der Waals surface area contributed by atoms with E-state index in [0.717, 1.165) is 5.56 Å². The van der Waals surface area contributed by atoms with E-state index >= 15 is 0 Å². The van der Waals surface area contributed by atoms with Gasteiger partial charge in [0.25, 0.3) is 5.91 Å². The fourth-order valence-electron chi connectivity index (χ4n) is 1.38. The molecular formula is C11H10N3O. The number of carbonyl (C=O) groups excluding carboxylic acids is 1. The van der Waals surface area contributed by atoms with Crippen LogP contribution in [0.2, 0.25) is 0 Å². The molecule has 1 aromatic carbocycles. The summed E-state index contributed by atoms with van der Waals surface area (Å²) >= 11 is 0. The van der Waals surface area contributed by atoms with Gasteiger partial charge in [0, 0.05) is 12.7 Å². The van der Waals surface area contributed by atoms with Gasteiger partial charge in [-0.05, 0) is 5.56 Å².